The molecule has 1 aliphatic rings. The van der Waals surface area contributed by atoms with Gasteiger partial charge in [0.05, 0.1) is 0 Å². The van der Waals surface area contributed by atoms with Crippen molar-refractivity contribution in [2.45, 2.75) is 31.5 Å². The fraction of sp³-hybridized carbons (Fsp3) is 0.538. The van der Waals surface area contributed by atoms with Crippen molar-refractivity contribution in [3.8, 4) is 0 Å². The molecule has 18 heavy (non-hydrogen) atoms. The molecule has 2 rings (SSSR count). The summed E-state index contributed by atoms with van der Waals surface area (Å²) in [5.74, 6) is 0. The summed E-state index contributed by atoms with van der Waals surface area (Å²) < 4.78 is 37.0. The second-order valence-electron chi connectivity index (χ2n) is 4.58. The summed E-state index contributed by atoms with van der Waals surface area (Å²) >= 11 is 0. The SMILES string of the molecule is OC(c1ccc(N2CCCCC2)cc1)C(F)(F)F. The third kappa shape index (κ3) is 2.96. The van der Waals surface area contributed by atoms with Gasteiger partial charge in [0.1, 0.15) is 0 Å². The Kier molecular flexibility index (Phi) is 3.80. The highest BCUT2D eigenvalue weighted by molar-refractivity contribution is 5.48. The number of alkyl halides is 3. The third-order valence-electron chi connectivity index (χ3n) is 3.24. The molecule has 0 spiro atoms. The van der Waals surface area contributed by atoms with Crippen molar-refractivity contribution >= 4 is 5.69 Å². The zero-order valence-electron chi connectivity index (χ0n) is 9.95. The molecular formula is C13H16F3NO. The van der Waals surface area contributed by atoms with E-state index in [4.69, 9.17) is 5.11 Å². The number of nitrogens with zero attached hydrogens (tertiary/aromatic N) is 1. The van der Waals surface area contributed by atoms with Crippen LogP contribution in [0.1, 0.15) is 30.9 Å². The Morgan fingerprint density at radius 2 is 1.56 bits per heavy atom. The van der Waals surface area contributed by atoms with Crippen LogP contribution in [0.5, 0.6) is 0 Å². The Hall–Kier alpha value is -1.23. The Morgan fingerprint density at radius 1 is 1.00 bits per heavy atom. The molecule has 0 bridgehead atoms. The fourth-order valence-electron chi connectivity index (χ4n) is 2.21. The van der Waals surface area contributed by atoms with Crippen LogP contribution in [0.4, 0.5) is 18.9 Å². The van der Waals surface area contributed by atoms with Crippen LogP contribution < -0.4 is 4.90 Å². The average molecular weight is 259 g/mol. The lowest BCUT2D eigenvalue weighted by Gasteiger charge is -2.29. The van der Waals surface area contributed by atoms with Crippen LogP contribution in [0.15, 0.2) is 24.3 Å². The molecule has 0 aliphatic carbocycles. The first-order valence-corrected chi connectivity index (χ1v) is 6.08. The number of benzene rings is 1. The number of hydrogen-bond donors (Lipinski definition) is 1. The zero-order chi connectivity index (χ0) is 13.2. The molecular weight excluding hydrogens is 243 g/mol. The first-order chi connectivity index (χ1) is 8.48. The van der Waals surface area contributed by atoms with Gasteiger partial charge in [-0.1, -0.05) is 12.1 Å². The summed E-state index contributed by atoms with van der Waals surface area (Å²) in [5, 5.41) is 9.12. The first kappa shape index (κ1) is 13.2. The second-order valence-corrected chi connectivity index (χ2v) is 4.58. The van der Waals surface area contributed by atoms with E-state index in [9.17, 15) is 13.2 Å². The molecule has 0 radical (unpaired) electrons. The lowest BCUT2D eigenvalue weighted by Crippen LogP contribution is -2.29. The highest BCUT2D eigenvalue weighted by atomic mass is 19.4. The summed E-state index contributed by atoms with van der Waals surface area (Å²) in [4.78, 5) is 2.16. The normalized spacial score (nSPS) is 18.8. The average Bonchev–Trinajstić information content (AvgIpc) is 2.38. The van der Waals surface area contributed by atoms with Gasteiger partial charge >= 0.3 is 6.18 Å². The topological polar surface area (TPSA) is 23.5 Å². The maximum absolute atomic E-state index is 12.3. The van der Waals surface area contributed by atoms with Crippen LogP contribution in [-0.2, 0) is 0 Å². The molecule has 1 fully saturated rings. The van der Waals surface area contributed by atoms with Crippen molar-refractivity contribution in [3.05, 3.63) is 29.8 Å². The molecule has 0 saturated carbocycles. The summed E-state index contributed by atoms with van der Waals surface area (Å²) in [7, 11) is 0. The number of anilines is 1. The first-order valence-electron chi connectivity index (χ1n) is 6.08. The van der Waals surface area contributed by atoms with Crippen LogP contribution in [-0.4, -0.2) is 24.4 Å². The molecule has 5 heteroatoms. The van der Waals surface area contributed by atoms with Gasteiger partial charge in [-0.15, -0.1) is 0 Å². The van der Waals surface area contributed by atoms with Gasteiger partial charge in [-0.05, 0) is 37.0 Å². The van der Waals surface area contributed by atoms with E-state index in [2.05, 4.69) is 4.90 Å². The van der Waals surface area contributed by atoms with Crippen LogP contribution in [0, 0.1) is 0 Å². The van der Waals surface area contributed by atoms with Gasteiger partial charge in [0.15, 0.2) is 6.10 Å². The van der Waals surface area contributed by atoms with E-state index < -0.39 is 12.3 Å². The Morgan fingerprint density at radius 3 is 2.06 bits per heavy atom. The highest BCUT2D eigenvalue weighted by Gasteiger charge is 2.39. The molecule has 1 aromatic rings. The summed E-state index contributed by atoms with van der Waals surface area (Å²) in [5.41, 5.74) is 0.816. The smallest absolute Gasteiger partial charge is 0.379 e. The van der Waals surface area contributed by atoms with Crippen molar-refractivity contribution in [2.24, 2.45) is 0 Å². The van der Waals surface area contributed by atoms with Crippen LogP contribution >= 0.6 is 0 Å². The van der Waals surface area contributed by atoms with Gasteiger partial charge in [-0.2, -0.15) is 13.2 Å². The van der Waals surface area contributed by atoms with Crippen LogP contribution in [0.25, 0.3) is 0 Å². The number of aliphatic hydroxyl groups is 1. The maximum atomic E-state index is 12.3. The summed E-state index contributed by atoms with van der Waals surface area (Å²) in [6, 6.07) is 6.00. The number of piperidine rings is 1. The van der Waals surface area contributed by atoms with Gasteiger partial charge in [0.2, 0.25) is 0 Å². The highest BCUT2D eigenvalue weighted by Crippen LogP contribution is 2.33. The maximum Gasteiger partial charge on any atom is 0.418 e. The molecule has 0 aromatic heterocycles. The molecule has 1 saturated heterocycles. The number of halogens is 3. The van der Waals surface area contributed by atoms with Gasteiger partial charge < -0.3 is 10.0 Å². The van der Waals surface area contributed by atoms with E-state index in [1.807, 2.05) is 0 Å². The molecule has 1 N–H and O–H groups in total. The van der Waals surface area contributed by atoms with Gasteiger partial charge in [0.25, 0.3) is 0 Å². The molecule has 1 atom stereocenters. The van der Waals surface area contributed by atoms with Crippen LogP contribution in [0.2, 0.25) is 0 Å². The molecule has 1 aliphatic heterocycles. The number of rotatable bonds is 2. The van der Waals surface area contributed by atoms with E-state index in [1.54, 1.807) is 12.1 Å². The predicted octanol–water partition coefficient (Wildman–Crippen LogP) is 3.27. The summed E-state index contributed by atoms with van der Waals surface area (Å²) in [6.07, 6.45) is -3.55. The van der Waals surface area contributed by atoms with E-state index in [0.717, 1.165) is 31.6 Å². The van der Waals surface area contributed by atoms with Gasteiger partial charge in [-0.25, -0.2) is 0 Å². The van der Waals surface area contributed by atoms with Crippen molar-refractivity contribution in [3.63, 3.8) is 0 Å². The molecule has 1 heterocycles. The predicted molar refractivity (Wildman–Crippen MR) is 63.5 cm³/mol. The fourth-order valence-corrected chi connectivity index (χ4v) is 2.21. The van der Waals surface area contributed by atoms with E-state index in [1.165, 1.54) is 18.6 Å². The minimum atomic E-state index is -4.60. The molecule has 0 amide bonds. The Balaban J connectivity index is 2.09. The Bertz CT molecular complexity index is 382. The lowest BCUT2D eigenvalue weighted by molar-refractivity contribution is -0.206. The lowest BCUT2D eigenvalue weighted by atomic mass is 10.1. The number of aliphatic hydroxyl groups excluding tert-OH is 1. The van der Waals surface area contributed by atoms with Crippen molar-refractivity contribution in [2.75, 3.05) is 18.0 Å². The molecule has 1 aromatic carbocycles. The summed E-state index contributed by atoms with van der Waals surface area (Å²) in [6.45, 7) is 1.89. The molecule has 2 nitrogen and oxygen atoms in total. The zero-order valence-corrected chi connectivity index (χ0v) is 9.95. The molecule has 100 valence electrons. The van der Waals surface area contributed by atoms with Gasteiger partial charge in [-0.3, -0.25) is 0 Å². The van der Waals surface area contributed by atoms with Crippen LogP contribution in [0.3, 0.4) is 0 Å². The monoisotopic (exact) mass is 259 g/mol. The van der Waals surface area contributed by atoms with Crippen molar-refractivity contribution in [1.29, 1.82) is 0 Å². The van der Waals surface area contributed by atoms with E-state index in [-0.39, 0.29) is 5.56 Å². The quantitative estimate of drug-likeness (QED) is 0.881. The van der Waals surface area contributed by atoms with E-state index in [0.29, 0.717) is 0 Å². The molecule has 1 unspecified atom stereocenters. The Labute approximate surface area is 104 Å². The largest absolute Gasteiger partial charge is 0.418 e. The van der Waals surface area contributed by atoms with Crippen molar-refractivity contribution < 1.29 is 18.3 Å². The third-order valence-corrected chi connectivity index (χ3v) is 3.24. The van der Waals surface area contributed by atoms with Gasteiger partial charge in [0, 0.05) is 18.8 Å². The van der Waals surface area contributed by atoms with Crippen molar-refractivity contribution in [1.82, 2.24) is 0 Å². The minimum absolute atomic E-state index is 0.108. The standard InChI is InChI=1S/C13H16F3NO/c14-13(15,16)12(18)10-4-6-11(7-5-10)17-8-2-1-3-9-17/h4-7,12,18H,1-3,8-9H2. The van der Waals surface area contributed by atoms with E-state index >= 15 is 0 Å². The number of hydrogen-bond acceptors (Lipinski definition) is 2. The second kappa shape index (κ2) is 5.18. The minimum Gasteiger partial charge on any atom is -0.379 e.